The number of aromatic nitrogens is 2. The second kappa shape index (κ2) is 10.6. The maximum Gasteiger partial charge on any atom is 0.137 e. The van der Waals surface area contributed by atoms with Crippen LogP contribution < -0.4 is 14.5 Å². The summed E-state index contributed by atoms with van der Waals surface area (Å²) >= 11 is 0. The van der Waals surface area contributed by atoms with Gasteiger partial charge in [0, 0.05) is 40.3 Å². The van der Waals surface area contributed by atoms with E-state index in [4.69, 9.17) is 9.72 Å². The van der Waals surface area contributed by atoms with Gasteiger partial charge in [0.25, 0.3) is 0 Å². The second-order valence-electron chi connectivity index (χ2n) is 16.4. The third-order valence-corrected chi connectivity index (χ3v) is 12.2. The van der Waals surface area contributed by atoms with Crippen LogP contribution in [0, 0.1) is 17.8 Å². The molecule has 0 atom stereocenters. The Morgan fingerprint density at radius 1 is 0.673 bits per heavy atom. The first-order chi connectivity index (χ1) is 23.8. The minimum atomic E-state index is 0.0257. The smallest absolute Gasteiger partial charge is 0.137 e. The van der Waals surface area contributed by atoms with Crippen LogP contribution in [0.5, 0.6) is 11.5 Å². The number of pyridine rings is 1. The lowest BCUT2D eigenvalue weighted by molar-refractivity contribution is -0.00339. The predicted octanol–water partition coefficient (Wildman–Crippen LogP) is 11.2. The van der Waals surface area contributed by atoms with Crippen LogP contribution in [0.25, 0.3) is 27.6 Å². The van der Waals surface area contributed by atoms with Crippen molar-refractivity contribution >= 4 is 38.9 Å². The molecule has 11 rings (SSSR count). The molecule has 3 heterocycles. The van der Waals surface area contributed by atoms with Gasteiger partial charge in [-0.1, -0.05) is 57.2 Å². The number of nitrogens with zero attached hydrogens (tertiary/aromatic N) is 4. The molecule has 5 nitrogen and oxygen atoms in total. The highest BCUT2D eigenvalue weighted by atomic mass is 16.5. The SMILES string of the molecule is CC(C)(C)c1ccnc(-n2c3ccccc3c3ccc(Oc4cccc(N5CN(C67CC8CC(CC(C8)C6)C7)c6ccccc65)c4)cc32)c1. The van der Waals surface area contributed by atoms with E-state index in [1.807, 2.05) is 6.20 Å². The van der Waals surface area contributed by atoms with Gasteiger partial charge in [-0.3, -0.25) is 4.57 Å². The monoisotopic (exact) mass is 644 g/mol. The van der Waals surface area contributed by atoms with E-state index in [0.29, 0.717) is 5.54 Å². The minimum absolute atomic E-state index is 0.0257. The van der Waals surface area contributed by atoms with Gasteiger partial charge in [0.15, 0.2) is 0 Å². The quantitative estimate of drug-likeness (QED) is 0.187. The van der Waals surface area contributed by atoms with Crippen LogP contribution in [0.2, 0.25) is 0 Å². The van der Waals surface area contributed by atoms with Gasteiger partial charge >= 0.3 is 0 Å². The number of para-hydroxylation sites is 3. The molecule has 4 fully saturated rings. The zero-order valence-corrected chi connectivity index (χ0v) is 28.8. The summed E-state index contributed by atoms with van der Waals surface area (Å²) in [7, 11) is 0. The fourth-order valence-corrected chi connectivity index (χ4v) is 10.4. The Kier molecular flexibility index (Phi) is 6.32. The Morgan fingerprint density at radius 3 is 2.14 bits per heavy atom. The first-order valence-electron chi connectivity index (χ1n) is 18.2. The first-order valence-corrected chi connectivity index (χ1v) is 18.2. The summed E-state index contributed by atoms with van der Waals surface area (Å²) in [6.45, 7) is 7.65. The fraction of sp³-hybridized carbons (Fsp3) is 0.341. The van der Waals surface area contributed by atoms with Crippen molar-refractivity contribution in [1.82, 2.24) is 9.55 Å². The van der Waals surface area contributed by atoms with Crippen molar-refractivity contribution in [3.8, 4) is 17.3 Å². The van der Waals surface area contributed by atoms with Crippen LogP contribution in [-0.2, 0) is 5.41 Å². The average molecular weight is 645 g/mol. The van der Waals surface area contributed by atoms with Crippen LogP contribution in [0.15, 0.2) is 109 Å². The molecule has 5 aliphatic rings. The molecule has 5 heteroatoms. The maximum absolute atomic E-state index is 6.69. The molecule has 0 saturated heterocycles. The Bertz CT molecular complexity index is 2210. The summed E-state index contributed by atoms with van der Waals surface area (Å²) in [5.74, 6) is 5.33. The summed E-state index contributed by atoms with van der Waals surface area (Å²) in [6, 6.07) is 37.2. The van der Waals surface area contributed by atoms with Crippen LogP contribution in [-0.4, -0.2) is 21.8 Å². The Hall–Kier alpha value is -4.77. The summed E-state index contributed by atoms with van der Waals surface area (Å²) < 4.78 is 8.97. The lowest BCUT2D eigenvalue weighted by atomic mass is 9.52. The molecule has 0 unspecified atom stereocenters. The molecule has 0 N–H and O–H groups in total. The largest absolute Gasteiger partial charge is 0.457 e. The Balaban J connectivity index is 0.997. The summed E-state index contributed by atoms with van der Waals surface area (Å²) in [4.78, 5) is 10.2. The van der Waals surface area contributed by atoms with E-state index in [1.54, 1.807) is 0 Å². The highest BCUT2D eigenvalue weighted by Crippen LogP contribution is 2.60. The van der Waals surface area contributed by atoms with Crippen LogP contribution >= 0.6 is 0 Å². The fourth-order valence-electron chi connectivity index (χ4n) is 10.4. The van der Waals surface area contributed by atoms with E-state index in [0.717, 1.165) is 52.8 Å². The minimum Gasteiger partial charge on any atom is -0.457 e. The maximum atomic E-state index is 6.69. The molecule has 1 aliphatic heterocycles. The topological polar surface area (TPSA) is 33.5 Å². The van der Waals surface area contributed by atoms with E-state index in [1.165, 1.54) is 71.9 Å². The van der Waals surface area contributed by atoms with Gasteiger partial charge in [0.05, 0.1) is 29.1 Å². The lowest BCUT2D eigenvalue weighted by Gasteiger charge is -2.60. The van der Waals surface area contributed by atoms with Crippen molar-refractivity contribution in [2.24, 2.45) is 17.8 Å². The molecule has 4 bridgehead atoms. The average Bonchev–Trinajstić information content (AvgIpc) is 3.64. The zero-order valence-electron chi connectivity index (χ0n) is 28.8. The van der Waals surface area contributed by atoms with Gasteiger partial charge in [-0.2, -0.15) is 0 Å². The van der Waals surface area contributed by atoms with Gasteiger partial charge in [0.1, 0.15) is 17.3 Å². The number of ether oxygens (including phenoxy) is 1. The van der Waals surface area contributed by atoms with Crippen molar-refractivity contribution in [3.05, 3.63) is 115 Å². The molecular formula is C44H44N4O. The zero-order chi connectivity index (χ0) is 32.9. The molecular weight excluding hydrogens is 601 g/mol. The number of hydrogen-bond donors (Lipinski definition) is 0. The van der Waals surface area contributed by atoms with Crippen LogP contribution in [0.4, 0.5) is 17.1 Å². The van der Waals surface area contributed by atoms with Crippen molar-refractivity contribution in [2.75, 3.05) is 16.5 Å². The first kappa shape index (κ1) is 29.2. The van der Waals surface area contributed by atoms with E-state index >= 15 is 0 Å². The lowest BCUT2D eigenvalue weighted by Crippen LogP contribution is -2.60. The standard InChI is InChI=1S/C44H44N4O/c1-43(2,3)32-17-18-45-42(22-32)48-38-12-5-4-11-36(38)37-16-15-35(24-41(37)48)49-34-10-8-9-33(23-34)46-28-47(40-14-7-6-13-39(40)46)44-25-29-19-30(26-44)21-31(20-29)27-44/h4-18,22-24,29-31H,19-21,25-28H2,1-3H3. The van der Waals surface area contributed by atoms with Crippen LogP contribution in [0.3, 0.4) is 0 Å². The van der Waals surface area contributed by atoms with Gasteiger partial charge in [-0.25, -0.2) is 4.98 Å². The van der Waals surface area contributed by atoms with Gasteiger partial charge < -0.3 is 14.5 Å². The third kappa shape index (κ3) is 4.69. The summed E-state index contributed by atoms with van der Waals surface area (Å²) in [6.07, 6.45) is 10.4. The van der Waals surface area contributed by atoms with E-state index in [-0.39, 0.29) is 5.41 Å². The highest BCUT2D eigenvalue weighted by Gasteiger charge is 2.55. The van der Waals surface area contributed by atoms with Crippen LogP contribution in [0.1, 0.15) is 64.9 Å². The summed E-state index contributed by atoms with van der Waals surface area (Å²) in [5, 5.41) is 2.41. The van der Waals surface area contributed by atoms with Crippen molar-refractivity contribution in [2.45, 2.75) is 70.3 Å². The van der Waals surface area contributed by atoms with Crippen molar-refractivity contribution in [1.29, 1.82) is 0 Å². The number of fused-ring (bicyclic) bond motifs is 4. The highest BCUT2D eigenvalue weighted by molar-refractivity contribution is 6.09. The van der Waals surface area contributed by atoms with Gasteiger partial charge in [-0.15, -0.1) is 0 Å². The molecule has 0 amide bonds. The molecule has 4 saturated carbocycles. The van der Waals surface area contributed by atoms with Gasteiger partial charge in [0.2, 0.25) is 0 Å². The normalized spacial score (nSPS) is 24.3. The van der Waals surface area contributed by atoms with Crippen molar-refractivity contribution in [3.63, 3.8) is 0 Å². The molecule has 2 aromatic heterocycles. The number of anilines is 3. The summed E-state index contributed by atoms with van der Waals surface area (Å²) in [5.41, 5.74) is 7.72. The Labute approximate surface area is 289 Å². The second-order valence-corrected chi connectivity index (χ2v) is 16.4. The number of hydrogen-bond acceptors (Lipinski definition) is 4. The van der Waals surface area contributed by atoms with Gasteiger partial charge in [-0.05, 0) is 122 Å². The molecule has 49 heavy (non-hydrogen) atoms. The molecule has 0 radical (unpaired) electrons. The van der Waals surface area contributed by atoms with E-state index < -0.39 is 0 Å². The molecule has 4 aliphatic carbocycles. The van der Waals surface area contributed by atoms with Crippen molar-refractivity contribution < 1.29 is 4.74 Å². The number of rotatable bonds is 5. The third-order valence-electron chi connectivity index (χ3n) is 12.2. The molecule has 246 valence electrons. The van der Waals surface area contributed by atoms with E-state index in [9.17, 15) is 0 Å². The van der Waals surface area contributed by atoms with E-state index in [2.05, 4.69) is 138 Å². The molecule has 4 aromatic carbocycles. The number of benzene rings is 4. The molecule has 0 spiro atoms. The Morgan fingerprint density at radius 2 is 1.37 bits per heavy atom. The molecule has 6 aromatic rings. The predicted molar refractivity (Wildman–Crippen MR) is 201 cm³/mol.